The Morgan fingerprint density at radius 1 is 1.00 bits per heavy atom. The van der Waals surface area contributed by atoms with E-state index in [1.165, 1.54) is 5.56 Å². The number of rotatable bonds is 10. The minimum absolute atomic E-state index is 0.0603. The summed E-state index contributed by atoms with van der Waals surface area (Å²) in [5, 5.41) is 0. The summed E-state index contributed by atoms with van der Waals surface area (Å²) in [4.78, 5) is 2.39. The SMILES string of the molecule is COc1ccc(CNS(=O)(=O)Cc2ccc(CCN3CCOCC3)cc2)c(OC)c1. The lowest BCUT2D eigenvalue weighted by Gasteiger charge is -2.26. The van der Waals surface area contributed by atoms with Gasteiger partial charge < -0.3 is 14.2 Å². The zero-order chi connectivity index (χ0) is 21.4. The first-order valence-electron chi connectivity index (χ1n) is 10.1. The normalized spacial score (nSPS) is 15.1. The van der Waals surface area contributed by atoms with E-state index in [4.69, 9.17) is 14.2 Å². The molecule has 0 spiro atoms. The molecule has 0 saturated carbocycles. The van der Waals surface area contributed by atoms with E-state index in [1.807, 2.05) is 24.3 Å². The van der Waals surface area contributed by atoms with Gasteiger partial charge >= 0.3 is 0 Å². The van der Waals surface area contributed by atoms with Gasteiger partial charge in [0.25, 0.3) is 0 Å². The molecule has 1 aliphatic heterocycles. The molecular formula is C22H30N2O5S. The number of methoxy groups -OCH3 is 2. The van der Waals surface area contributed by atoms with Gasteiger partial charge in [-0.2, -0.15) is 0 Å². The molecule has 0 amide bonds. The molecule has 1 fully saturated rings. The van der Waals surface area contributed by atoms with Gasteiger partial charge in [-0.15, -0.1) is 0 Å². The number of morpholine rings is 1. The van der Waals surface area contributed by atoms with Crippen molar-refractivity contribution >= 4 is 10.0 Å². The summed E-state index contributed by atoms with van der Waals surface area (Å²) < 4.78 is 43.6. The van der Waals surface area contributed by atoms with E-state index in [2.05, 4.69) is 9.62 Å². The zero-order valence-corrected chi connectivity index (χ0v) is 18.4. The van der Waals surface area contributed by atoms with Gasteiger partial charge in [0.05, 0.1) is 33.2 Å². The van der Waals surface area contributed by atoms with E-state index in [0.29, 0.717) is 11.5 Å². The van der Waals surface area contributed by atoms with E-state index in [9.17, 15) is 8.42 Å². The molecule has 1 N–H and O–H groups in total. The van der Waals surface area contributed by atoms with Gasteiger partial charge in [0.15, 0.2) is 0 Å². The molecule has 164 valence electrons. The molecule has 2 aromatic rings. The summed E-state index contributed by atoms with van der Waals surface area (Å²) in [7, 11) is -0.351. The molecular weight excluding hydrogens is 404 g/mol. The van der Waals surface area contributed by atoms with E-state index in [1.54, 1.807) is 32.4 Å². The second-order valence-corrected chi connectivity index (χ2v) is 9.09. The van der Waals surface area contributed by atoms with Crippen LogP contribution in [0, 0.1) is 0 Å². The van der Waals surface area contributed by atoms with Crippen molar-refractivity contribution in [2.45, 2.75) is 18.7 Å². The van der Waals surface area contributed by atoms with E-state index in [-0.39, 0.29) is 12.3 Å². The zero-order valence-electron chi connectivity index (χ0n) is 17.6. The molecule has 0 atom stereocenters. The number of nitrogens with zero attached hydrogens (tertiary/aromatic N) is 1. The molecule has 0 aromatic heterocycles. The molecule has 2 aromatic carbocycles. The molecule has 0 aliphatic carbocycles. The van der Waals surface area contributed by atoms with Crippen LogP contribution in [-0.4, -0.2) is 60.4 Å². The molecule has 1 aliphatic rings. The highest BCUT2D eigenvalue weighted by atomic mass is 32.2. The standard InChI is InChI=1S/C22H30N2O5S/c1-27-21-8-7-20(22(15-21)28-2)16-23-30(25,26)17-19-5-3-18(4-6-19)9-10-24-11-13-29-14-12-24/h3-8,15,23H,9-14,16-17H2,1-2H3. The van der Waals surface area contributed by atoms with E-state index in [0.717, 1.165) is 50.4 Å². The molecule has 3 rings (SSSR count). The van der Waals surface area contributed by atoms with Crippen LogP contribution in [0.4, 0.5) is 0 Å². The van der Waals surface area contributed by atoms with Crippen molar-refractivity contribution in [3.8, 4) is 11.5 Å². The van der Waals surface area contributed by atoms with Crippen LogP contribution in [0.5, 0.6) is 11.5 Å². The topological polar surface area (TPSA) is 77.1 Å². The fourth-order valence-corrected chi connectivity index (χ4v) is 4.48. The smallest absolute Gasteiger partial charge is 0.216 e. The minimum atomic E-state index is -3.47. The highest BCUT2D eigenvalue weighted by Crippen LogP contribution is 2.24. The molecule has 30 heavy (non-hydrogen) atoms. The van der Waals surface area contributed by atoms with Crippen LogP contribution in [0.15, 0.2) is 42.5 Å². The predicted octanol–water partition coefficient (Wildman–Crippen LogP) is 2.20. The first kappa shape index (κ1) is 22.6. The monoisotopic (exact) mass is 434 g/mol. The number of ether oxygens (including phenoxy) is 3. The number of nitrogens with one attached hydrogen (secondary N) is 1. The van der Waals surface area contributed by atoms with Gasteiger partial charge in [0.1, 0.15) is 11.5 Å². The van der Waals surface area contributed by atoms with Crippen LogP contribution in [0.1, 0.15) is 16.7 Å². The Kier molecular flexibility index (Phi) is 8.09. The van der Waals surface area contributed by atoms with Crippen molar-refractivity contribution in [2.75, 3.05) is 47.1 Å². The first-order valence-corrected chi connectivity index (χ1v) is 11.7. The van der Waals surface area contributed by atoms with Gasteiger partial charge in [-0.05, 0) is 23.6 Å². The van der Waals surface area contributed by atoms with Crippen LogP contribution in [0.25, 0.3) is 0 Å². The third kappa shape index (κ3) is 6.70. The minimum Gasteiger partial charge on any atom is -0.497 e. The van der Waals surface area contributed by atoms with Gasteiger partial charge in [0.2, 0.25) is 10.0 Å². The summed E-state index contributed by atoms with van der Waals surface area (Å²) >= 11 is 0. The summed E-state index contributed by atoms with van der Waals surface area (Å²) in [5.74, 6) is 1.18. The molecule has 7 nitrogen and oxygen atoms in total. The van der Waals surface area contributed by atoms with E-state index < -0.39 is 10.0 Å². The Balaban J connectivity index is 1.52. The largest absolute Gasteiger partial charge is 0.497 e. The Labute approximate surface area is 179 Å². The molecule has 0 radical (unpaired) electrons. The third-order valence-electron chi connectivity index (χ3n) is 5.18. The van der Waals surface area contributed by atoms with Gasteiger partial charge in [-0.1, -0.05) is 30.3 Å². The van der Waals surface area contributed by atoms with Gasteiger partial charge in [-0.3, -0.25) is 4.90 Å². The van der Waals surface area contributed by atoms with Crippen molar-refractivity contribution in [1.82, 2.24) is 9.62 Å². The summed E-state index contributed by atoms with van der Waals surface area (Å²) in [6, 6.07) is 13.1. The predicted molar refractivity (Wildman–Crippen MR) is 116 cm³/mol. The molecule has 1 heterocycles. The maximum Gasteiger partial charge on any atom is 0.216 e. The van der Waals surface area contributed by atoms with Crippen LogP contribution in [0.3, 0.4) is 0 Å². The molecule has 1 saturated heterocycles. The lowest BCUT2D eigenvalue weighted by Crippen LogP contribution is -2.37. The second kappa shape index (κ2) is 10.8. The molecule has 0 bridgehead atoms. The lowest BCUT2D eigenvalue weighted by molar-refractivity contribution is 0.0384. The van der Waals surface area contributed by atoms with Crippen LogP contribution in [0.2, 0.25) is 0 Å². The van der Waals surface area contributed by atoms with Crippen molar-refractivity contribution in [3.05, 3.63) is 59.2 Å². The summed E-state index contributed by atoms with van der Waals surface area (Å²) in [6.07, 6.45) is 0.947. The van der Waals surface area contributed by atoms with Gasteiger partial charge in [0, 0.05) is 37.8 Å². The maximum absolute atomic E-state index is 12.5. The van der Waals surface area contributed by atoms with Crippen LogP contribution >= 0.6 is 0 Å². The summed E-state index contributed by atoms with van der Waals surface area (Å²) in [5.41, 5.74) is 2.72. The highest BCUT2D eigenvalue weighted by molar-refractivity contribution is 7.88. The fraction of sp³-hybridized carbons (Fsp3) is 0.455. The average Bonchev–Trinajstić information content (AvgIpc) is 2.77. The average molecular weight is 435 g/mol. The third-order valence-corrected chi connectivity index (χ3v) is 6.47. The van der Waals surface area contributed by atoms with Crippen molar-refractivity contribution in [1.29, 1.82) is 0 Å². The Morgan fingerprint density at radius 2 is 1.70 bits per heavy atom. The Hall–Kier alpha value is -2.13. The number of sulfonamides is 1. The van der Waals surface area contributed by atoms with Crippen molar-refractivity contribution in [2.24, 2.45) is 0 Å². The Bertz CT molecular complexity index is 910. The lowest BCUT2D eigenvalue weighted by atomic mass is 10.1. The second-order valence-electron chi connectivity index (χ2n) is 7.28. The Morgan fingerprint density at radius 3 is 2.37 bits per heavy atom. The molecule has 0 unspecified atom stereocenters. The van der Waals surface area contributed by atoms with Gasteiger partial charge in [-0.25, -0.2) is 13.1 Å². The number of benzene rings is 2. The van der Waals surface area contributed by atoms with Crippen molar-refractivity contribution < 1.29 is 22.6 Å². The molecule has 8 heteroatoms. The first-order chi connectivity index (χ1) is 14.5. The maximum atomic E-state index is 12.5. The number of hydrogen-bond acceptors (Lipinski definition) is 6. The van der Waals surface area contributed by atoms with Crippen LogP contribution < -0.4 is 14.2 Å². The highest BCUT2D eigenvalue weighted by Gasteiger charge is 2.14. The summed E-state index contributed by atoms with van der Waals surface area (Å²) in [6.45, 7) is 4.69. The van der Waals surface area contributed by atoms with Crippen molar-refractivity contribution in [3.63, 3.8) is 0 Å². The van der Waals surface area contributed by atoms with E-state index >= 15 is 0 Å². The van der Waals surface area contributed by atoms with Crippen LogP contribution in [-0.2, 0) is 33.5 Å². The quantitative estimate of drug-likeness (QED) is 0.618. The fourth-order valence-electron chi connectivity index (χ4n) is 3.37. The number of hydrogen-bond donors (Lipinski definition) is 1.